The van der Waals surface area contributed by atoms with Gasteiger partial charge in [-0.2, -0.15) is 0 Å². The lowest BCUT2D eigenvalue weighted by atomic mass is 9.99. The first-order chi connectivity index (χ1) is 8.33. The fourth-order valence-electron chi connectivity index (χ4n) is 2.95. The van der Waals surface area contributed by atoms with Crippen LogP contribution >= 0.6 is 0 Å². The quantitative estimate of drug-likeness (QED) is 0.793. The first-order valence-corrected chi connectivity index (χ1v) is 6.53. The van der Waals surface area contributed by atoms with Crippen LogP contribution in [0.3, 0.4) is 0 Å². The maximum Gasteiger partial charge on any atom is 0.128 e. The van der Waals surface area contributed by atoms with Crippen LogP contribution in [0.1, 0.15) is 19.3 Å². The van der Waals surface area contributed by atoms with Gasteiger partial charge in [-0.15, -0.1) is 0 Å². The smallest absolute Gasteiger partial charge is 0.128 e. The van der Waals surface area contributed by atoms with Gasteiger partial charge in [0.15, 0.2) is 0 Å². The maximum atomic E-state index is 5.67. The number of nitrogens with two attached hydrogens (primary N) is 1. The standard InChI is InChI=1S/C13H20N4/c14-11-4-5-13(15-9-11)17-8-7-16-6-2-1-3-12(16)10-17/h4-5,9,12H,1-3,6-8,10,14H2. The molecule has 0 amide bonds. The van der Waals surface area contributed by atoms with E-state index in [0.717, 1.165) is 30.6 Å². The molecule has 0 spiro atoms. The van der Waals surface area contributed by atoms with Gasteiger partial charge in [0.2, 0.25) is 0 Å². The monoisotopic (exact) mass is 232 g/mol. The molecular weight excluding hydrogens is 212 g/mol. The number of hydrogen-bond donors (Lipinski definition) is 1. The molecule has 1 unspecified atom stereocenters. The minimum Gasteiger partial charge on any atom is -0.397 e. The largest absolute Gasteiger partial charge is 0.397 e. The van der Waals surface area contributed by atoms with Gasteiger partial charge in [-0.3, -0.25) is 4.90 Å². The van der Waals surface area contributed by atoms with Crippen LogP contribution in [0.5, 0.6) is 0 Å². The summed E-state index contributed by atoms with van der Waals surface area (Å²) in [7, 11) is 0. The molecule has 4 nitrogen and oxygen atoms in total. The third-order valence-electron chi connectivity index (χ3n) is 3.93. The van der Waals surface area contributed by atoms with Crippen LogP contribution in [0, 0.1) is 0 Å². The molecule has 4 heteroatoms. The van der Waals surface area contributed by atoms with E-state index < -0.39 is 0 Å². The Balaban J connectivity index is 1.71. The first kappa shape index (κ1) is 10.8. The van der Waals surface area contributed by atoms with E-state index in [2.05, 4.69) is 14.8 Å². The molecule has 92 valence electrons. The summed E-state index contributed by atoms with van der Waals surface area (Å²) >= 11 is 0. The number of piperidine rings is 1. The van der Waals surface area contributed by atoms with Crippen LogP contribution in [0.25, 0.3) is 0 Å². The van der Waals surface area contributed by atoms with Crippen LogP contribution < -0.4 is 10.6 Å². The van der Waals surface area contributed by atoms with Crippen LogP contribution in [-0.4, -0.2) is 42.1 Å². The number of piperazine rings is 1. The van der Waals surface area contributed by atoms with Gasteiger partial charge in [-0.05, 0) is 31.5 Å². The lowest BCUT2D eigenvalue weighted by Crippen LogP contribution is -2.55. The fraction of sp³-hybridized carbons (Fsp3) is 0.615. The van der Waals surface area contributed by atoms with Crippen molar-refractivity contribution in [1.29, 1.82) is 0 Å². The third kappa shape index (κ3) is 2.22. The Morgan fingerprint density at radius 2 is 2.12 bits per heavy atom. The number of nitrogens with zero attached hydrogens (tertiary/aromatic N) is 3. The lowest BCUT2D eigenvalue weighted by molar-refractivity contribution is 0.133. The van der Waals surface area contributed by atoms with E-state index in [1.165, 1.54) is 32.4 Å². The van der Waals surface area contributed by atoms with Gasteiger partial charge in [0, 0.05) is 25.7 Å². The molecule has 2 aliphatic rings. The molecule has 0 radical (unpaired) electrons. The van der Waals surface area contributed by atoms with Gasteiger partial charge in [-0.1, -0.05) is 6.42 Å². The number of rotatable bonds is 1. The number of nitrogen functional groups attached to an aromatic ring is 1. The zero-order chi connectivity index (χ0) is 11.7. The molecule has 2 aliphatic heterocycles. The lowest BCUT2D eigenvalue weighted by Gasteiger charge is -2.44. The minimum atomic E-state index is 0.733. The molecule has 3 heterocycles. The second kappa shape index (κ2) is 4.53. The van der Waals surface area contributed by atoms with Crippen molar-refractivity contribution < 1.29 is 0 Å². The van der Waals surface area contributed by atoms with Crippen molar-refractivity contribution in [3.8, 4) is 0 Å². The van der Waals surface area contributed by atoms with E-state index in [9.17, 15) is 0 Å². The highest BCUT2D eigenvalue weighted by Crippen LogP contribution is 2.24. The second-order valence-corrected chi connectivity index (χ2v) is 5.08. The van der Waals surface area contributed by atoms with E-state index in [1.807, 2.05) is 12.1 Å². The summed E-state index contributed by atoms with van der Waals surface area (Å²) in [6, 6.07) is 4.71. The zero-order valence-corrected chi connectivity index (χ0v) is 10.2. The Labute approximate surface area is 102 Å². The Hall–Kier alpha value is -1.29. The second-order valence-electron chi connectivity index (χ2n) is 5.08. The van der Waals surface area contributed by atoms with Crippen LogP contribution in [0.15, 0.2) is 18.3 Å². The number of pyridine rings is 1. The van der Waals surface area contributed by atoms with Gasteiger partial charge < -0.3 is 10.6 Å². The summed E-state index contributed by atoms with van der Waals surface area (Å²) in [6.45, 7) is 4.68. The molecule has 2 saturated heterocycles. The summed E-state index contributed by atoms with van der Waals surface area (Å²) < 4.78 is 0. The van der Waals surface area contributed by atoms with E-state index in [0.29, 0.717) is 0 Å². The predicted octanol–water partition coefficient (Wildman–Crippen LogP) is 1.34. The number of aromatic nitrogens is 1. The summed E-state index contributed by atoms with van der Waals surface area (Å²) in [4.78, 5) is 9.45. The van der Waals surface area contributed by atoms with Crippen LogP contribution in [-0.2, 0) is 0 Å². The molecular formula is C13H20N4. The van der Waals surface area contributed by atoms with Crippen LogP contribution in [0.4, 0.5) is 11.5 Å². The van der Waals surface area contributed by atoms with Crippen molar-refractivity contribution in [2.75, 3.05) is 36.8 Å². The highest BCUT2D eigenvalue weighted by Gasteiger charge is 2.29. The minimum absolute atomic E-state index is 0.733. The Morgan fingerprint density at radius 1 is 1.18 bits per heavy atom. The van der Waals surface area contributed by atoms with Gasteiger partial charge in [0.05, 0.1) is 11.9 Å². The van der Waals surface area contributed by atoms with E-state index in [-0.39, 0.29) is 0 Å². The number of fused-ring (bicyclic) bond motifs is 1. The Kier molecular flexibility index (Phi) is 2.89. The van der Waals surface area contributed by atoms with Gasteiger partial charge in [-0.25, -0.2) is 4.98 Å². The summed E-state index contributed by atoms with van der Waals surface area (Å²) in [6.07, 6.45) is 5.84. The van der Waals surface area contributed by atoms with E-state index in [4.69, 9.17) is 5.73 Å². The highest BCUT2D eigenvalue weighted by molar-refractivity contribution is 5.46. The van der Waals surface area contributed by atoms with Crippen molar-refractivity contribution >= 4 is 11.5 Å². The van der Waals surface area contributed by atoms with Gasteiger partial charge >= 0.3 is 0 Å². The van der Waals surface area contributed by atoms with E-state index in [1.54, 1.807) is 6.20 Å². The molecule has 0 bridgehead atoms. The molecule has 0 aliphatic carbocycles. The molecule has 1 atom stereocenters. The first-order valence-electron chi connectivity index (χ1n) is 6.53. The maximum absolute atomic E-state index is 5.67. The summed E-state index contributed by atoms with van der Waals surface area (Å²) in [5.74, 6) is 1.07. The summed E-state index contributed by atoms with van der Waals surface area (Å²) in [5, 5.41) is 0. The van der Waals surface area contributed by atoms with E-state index >= 15 is 0 Å². The predicted molar refractivity (Wildman–Crippen MR) is 70.1 cm³/mol. The molecule has 17 heavy (non-hydrogen) atoms. The average Bonchev–Trinajstić information content (AvgIpc) is 2.39. The van der Waals surface area contributed by atoms with Crippen molar-refractivity contribution in [2.24, 2.45) is 0 Å². The Morgan fingerprint density at radius 3 is 2.94 bits per heavy atom. The molecule has 1 aromatic rings. The third-order valence-corrected chi connectivity index (χ3v) is 3.93. The van der Waals surface area contributed by atoms with Gasteiger partial charge in [0.25, 0.3) is 0 Å². The SMILES string of the molecule is Nc1ccc(N2CCN3CCCCC3C2)nc1. The molecule has 3 rings (SSSR count). The summed E-state index contributed by atoms with van der Waals surface area (Å²) in [5.41, 5.74) is 6.41. The molecule has 0 saturated carbocycles. The number of hydrogen-bond acceptors (Lipinski definition) is 4. The number of anilines is 2. The highest BCUT2D eigenvalue weighted by atomic mass is 15.3. The Bertz CT molecular complexity index is 376. The van der Waals surface area contributed by atoms with Crippen molar-refractivity contribution in [1.82, 2.24) is 9.88 Å². The topological polar surface area (TPSA) is 45.4 Å². The normalized spacial score (nSPS) is 25.6. The van der Waals surface area contributed by atoms with Crippen molar-refractivity contribution in [3.63, 3.8) is 0 Å². The zero-order valence-electron chi connectivity index (χ0n) is 10.2. The fourth-order valence-corrected chi connectivity index (χ4v) is 2.95. The van der Waals surface area contributed by atoms with Crippen LogP contribution in [0.2, 0.25) is 0 Å². The van der Waals surface area contributed by atoms with Crippen molar-refractivity contribution in [2.45, 2.75) is 25.3 Å². The van der Waals surface area contributed by atoms with Crippen molar-refractivity contribution in [3.05, 3.63) is 18.3 Å². The molecule has 2 N–H and O–H groups in total. The molecule has 1 aromatic heterocycles. The molecule has 0 aromatic carbocycles. The molecule has 2 fully saturated rings. The average molecular weight is 232 g/mol. The van der Waals surface area contributed by atoms with Gasteiger partial charge in [0.1, 0.15) is 5.82 Å².